The molecule has 5 nitrogen and oxygen atoms in total. The topological polar surface area (TPSA) is 63.2 Å². The average molecular weight is 388 g/mol. The van der Waals surface area contributed by atoms with Crippen LogP contribution in [0.3, 0.4) is 0 Å². The third kappa shape index (κ3) is 4.25. The highest BCUT2D eigenvalue weighted by Gasteiger charge is 2.12. The number of hydrogen-bond acceptors (Lipinski definition) is 4. The van der Waals surface area contributed by atoms with E-state index in [0.717, 1.165) is 17.1 Å². The average Bonchev–Trinajstić information content (AvgIpc) is 2.66. The van der Waals surface area contributed by atoms with E-state index in [2.05, 4.69) is 15.6 Å². The monoisotopic (exact) mass is 387 g/mol. The van der Waals surface area contributed by atoms with Gasteiger partial charge in [0.2, 0.25) is 0 Å². The molecule has 26 heavy (non-hydrogen) atoms. The van der Waals surface area contributed by atoms with Crippen LogP contribution in [0.15, 0.2) is 60.8 Å². The van der Waals surface area contributed by atoms with Crippen LogP contribution in [0.25, 0.3) is 0 Å². The van der Waals surface area contributed by atoms with Gasteiger partial charge in [-0.3, -0.25) is 9.78 Å². The Morgan fingerprint density at radius 3 is 2.62 bits per heavy atom. The summed E-state index contributed by atoms with van der Waals surface area (Å²) in [6, 6.07) is 15.9. The van der Waals surface area contributed by atoms with Gasteiger partial charge < -0.3 is 15.4 Å². The van der Waals surface area contributed by atoms with Crippen LogP contribution in [0.1, 0.15) is 10.5 Å². The summed E-state index contributed by atoms with van der Waals surface area (Å²) in [6.07, 6.45) is 1.55. The van der Waals surface area contributed by atoms with Gasteiger partial charge in [0.15, 0.2) is 0 Å². The fourth-order valence-corrected chi connectivity index (χ4v) is 2.63. The van der Waals surface area contributed by atoms with Crippen molar-refractivity contribution in [1.82, 2.24) is 4.98 Å². The van der Waals surface area contributed by atoms with E-state index in [9.17, 15) is 4.79 Å². The van der Waals surface area contributed by atoms with E-state index >= 15 is 0 Å². The highest BCUT2D eigenvalue weighted by molar-refractivity contribution is 6.44. The maximum atomic E-state index is 12.5. The quantitative estimate of drug-likeness (QED) is 0.615. The second kappa shape index (κ2) is 8.08. The number of amides is 1. The van der Waals surface area contributed by atoms with Crippen LogP contribution in [-0.4, -0.2) is 18.0 Å². The van der Waals surface area contributed by atoms with E-state index in [1.807, 2.05) is 24.3 Å². The summed E-state index contributed by atoms with van der Waals surface area (Å²) in [5.41, 5.74) is 2.22. The lowest BCUT2D eigenvalue weighted by atomic mass is 10.2. The van der Waals surface area contributed by atoms with E-state index in [0.29, 0.717) is 10.7 Å². The summed E-state index contributed by atoms with van der Waals surface area (Å²) in [5.74, 6) is 0.348. The molecule has 0 unspecified atom stereocenters. The number of pyridine rings is 1. The molecule has 0 atom stereocenters. The van der Waals surface area contributed by atoms with E-state index in [4.69, 9.17) is 27.9 Å². The van der Waals surface area contributed by atoms with E-state index in [-0.39, 0.29) is 16.6 Å². The summed E-state index contributed by atoms with van der Waals surface area (Å²) in [6.45, 7) is 0. The molecule has 0 fully saturated rings. The van der Waals surface area contributed by atoms with Gasteiger partial charge in [-0.25, -0.2) is 0 Å². The molecule has 0 saturated carbocycles. The normalized spacial score (nSPS) is 10.3. The second-order valence-corrected chi connectivity index (χ2v) is 6.13. The van der Waals surface area contributed by atoms with Gasteiger partial charge in [0.05, 0.1) is 22.8 Å². The van der Waals surface area contributed by atoms with Crippen LogP contribution in [-0.2, 0) is 0 Å². The van der Waals surface area contributed by atoms with Gasteiger partial charge in [-0.2, -0.15) is 0 Å². The Balaban J connectivity index is 1.78. The van der Waals surface area contributed by atoms with Crippen molar-refractivity contribution in [3.05, 3.63) is 76.5 Å². The maximum Gasteiger partial charge on any atom is 0.274 e. The van der Waals surface area contributed by atoms with Crippen molar-refractivity contribution >= 4 is 46.2 Å². The van der Waals surface area contributed by atoms with Crippen molar-refractivity contribution in [2.24, 2.45) is 0 Å². The lowest BCUT2D eigenvalue weighted by Crippen LogP contribution is -2.14. The lowest BCUT2D eigenvalue weighted by molar-refractivity contribution is 0.102. The van der Waals surface area contributed by atoms with Gasteiger partial charge in [-0.15, -0.1) is 0 Å². The lowest BCUT2D eigenvalue weighted by Gasteiger charge is -2.10. The van der Waals surface area contributed by atoms with Crippen molar-refractivity contribution in [3.8, 4) is 5.75 Å². The van der Waals surface area contributed by atoms with Crippen molar-refractivity contribution in [2.45, 2.75) is 0 Å². The molecule has 3 aromatic rings. The smallest absolute Gasteiger partial charge is 0.274 e. The van der Waals surface area contributed by atoms with Crippen molar-refractivity contribution in [1.29, 1.82) is 0 Å². The van der Waals surface area contributed by atoms with Crippen LogP contribution >= 0.6 is 23.2 Å². The molecule has 132 valence electrons. The van der Waals surface area contributed by atoms with Crippen LogP contribution in [0.2, 0.25) is 10.0 Å². The largest absolute Gasteiger partial charge is 0.497 e. The molecule has 7 heteroatoms. The first-order chi connectivity index (χ1) is 12.6. The molecule has 0 radical (unpaired) electrons. The molecule has 0 aliphatic carbocycles. The highest BCUT2D eigenvalue weighted by atomic mass is 35.5. The van der Waals surface area contributed by atoms with E-state index in [1.54, 1.807) is 43.6 Å². The minimum absolute atomic E-state index is 0.244. The van der Waals surface area contributed by atoms with Gasteiger partial charge in [-0.05, 0) is 36.4 Å². The SMILES string of the molecule is COc1cccc(Nc2ccnc(C(=O)Nc3cccc(Cl)c3Cl)c2)c1. The maximum absolute atomic E-state index is 12.5. The summed E-state index contributed by atoms with van der Waals surface area (Å²) in [5, 5.41) is 6.57. The number of nitrogens with zero attached hydrogens (tertiary/aromatic N) is 1. The van der Waals surface area contributed by atoms with Gasteiger partial charge in [0, 0.05) is 23.6 Å². The molecule has 1 aromatic heterocycles. The molecule has 2 aromatic carbocycles. The van der Waals surface area contributed by atoms with Crippen molar-refractivity contribution in [2.75, 3.05) is 17.7 Å². The molecule has 1 heterocycles. The van der Waals surface area contributed by atoms with E-state index < -0.39 is 0 Å². The molecule has 0 spiro atoms. The predicted molar refractivity (Wildman–Crippen MR) is 105 cm³/mol. The van der Waals surface area contributed by atoms with Crippen LogP contribution in [0.5, 0.6) is 5.75 Å². The Morgan fingerprint density at radius 2 is 1.81 bits per heavy atom. The molecular formula is C19H15Cl2N3O2. The number of halogens is 2. The molecule has 0 saturated heterocycles. The highest BCUT2D eigenvalue weighted by Crippen LogP contribution is 2.30. The number of benzene rings is 2. The Kier molecular flexibility index (Phi) is 5.61. The molecule has 3 rings (SSSR count). The number of aromatic nitrogens is 1. The Bertz CT molecular complexity index is 948. The second-order valence-electron chi connectivity index (χ2n) is 5.34. The molecule has 2 N–H and O–H groups in total. The molecule has 0 aliphatic heterocycles. The minimum Gasteiger partial charge on any atom is -0.497 e. The summed E-state index contributed by atoms with van der Waals surface area (Å²) < 4.78 is 5.20. The van der Waals surface area contributed by atoms with Crippen molar-refractivity contribution < 1.29 is 9.53 Å². The Hall–Kier alpha value is -2.76. The fourth-order valence-electron chi connectivity index (χ4n) is 2.29. The van der Waals surface area contributed by atoms with Gasteiger partial charge >= 0.3 is 0 Å². The van der Waals surface area contributed by atoms with Crippen LogP contribution in [0, 0.1) is 0 Å². The zero-order valence-corrected chi connectivity index (χ0v) is 15.3. The number of carbonyl (C=O) groups is 1. The number of hydrogen-bond donors (Lipinski definition) is 2. The first kappa shape index (κ1) is 18.0. The minimum atomic E-state index is -0.386. The number of methoxy groups -OCH3 is 1. The number of rotatable bonds is 5. The van der Waals surface area contributed by atoms with Crippen LogP contribution in [0.4, 0.5) is 17.1 Å². The van der Waals surface area contributed by atoms with Gasteiger partial charge in [0.1, 0.15) is 11.4 Å². The molecular weight excluding hydrogens is 373 g/mol. The fraction of sp³-hybridized carbons (Fsp3) is 0.0526. The first-order valence-electron chi connectivity index (χ1n) is 7.69. The third-order valence-electron chi connectivity index (χ3n) is 3.55. The third-order valence-corrected chi connectivity index (χ3v) is 4.37. The zero-order chi connectivity index (χ0) is 18.5. The van der Waals surface area contributed by atoms with Crippen molar-refractivity contribution in [3.63, 3.8) is 0 Å². The first-order valence-corrected chi connectivity index (χ1v) is 8.45. The molecule has 0 bridgehead atoms. The Labute approximate surface area is 160 Å². The summed E-state index contributed by atoms with van der Waals surface area (Å²) in [4.78, 5) is 16.6. The number of ether oxygens (including phenoxy) is 1. The van der Waals surface area contributed by atoms with Gasteiger partial charge in [0.25, 0.3) is 5.91 Å². The number of nitrogens with one attached hydrogen (secondary N) is 2. The molecule has 1 amide bonds. The summed E-state index contributed by atoms with van der Waals surface area (Å²) in [7, 11) is 1.61. The van der Waals surface area contributed by atoms with Gasteiger partial charge in [-0.1, -0.05) is 35.3 Å². The van der Waals surface area contributed by atoms with Crippen LogP contribution < -0.4 is 15.4 Å². The Morgan fingerprint density at radius 1 is 1.04 bits per heavy atom. The zero-order valence-electron chi connectivity index (χ0n) is 13.8. The predicted octanol–water partition coefficient (Wildman–Crippen LogP) is 5.39. The number of anilines is 3. The molecule has 0 aliphatic rings. The van der Waals surface area contributed by atoms with E-state index in [1.165, 1.54) is 0 Å². The number of carbonyl (C=O) groups excluding carboxylic acids is 1. The standard InChI is InChI=1S/C19H15Cl2N3O2/c1-26-14-5-2-4-12(10-14)23-13-8-9-22-17(11-13)19(25)24-16-7-3-6-15(20)18(16)21/h2-11H,1H3,(H,22,23)(H,24,25). The summed E-state index contributed by atoms with van der Waals surface area (Å²) >= 11 is 12.1.